The Morgan fingerprint density at radius 2 is 1.70 bits per heavy atom. The summed E-state index contributed by atoms with van der Waals surface area (Å²) in [6.45, 7) is 3.88. The molecule has 0 heterocycles. The Bertz CT molecular complexity index is 327. The molecule has 0 aliphatic carbocycles. The number of esters is 1. The van der Waals surface area contributed by atoms with E-state index in [1.165, 1.54) is 0 Å². The molecule has 0 spiro atoms. The summed E-state index contributed by atoms with van der Waals surface area (Å²) in [5.74, 6) is -1.12. The van der Waals surface area contributed by atoms with Crippen molar-refractivity contribution in [1.29, 1.82) is 0 Å². The smallest absolute Gasteiger partial charge is 0.307 e. The summed E-state index contributed by atoms with van der Waals surface area (Å²) >= 11 is 0. The van der Waals surface area contributed by atoms with Crippen LogP contribution in [0.5, 0.6) is 0 Å². The normalized spacial score (nSPS) is 12.3. The summed E-state index contributed by atoms with van der Waals surface area (Å²) in [6, 6.07) is 0. The summed E-state index contributed by atoms with van der Waals surface area (Å²) in [4.78, 5) is 24.0. The Labute approximate surface area is 138 Å². The number of aliphatic carboxylic acids is 1. The highest BCUT2D eigenvalue weighted by Crippen LogP contribution is 2.07. The number of hydrogen-bond acceptors (Lipinski definition) is 7. The van der Waals surface area contributed by atoms with Gasteiger partial charge in [-0.05, 0) is 26.9 Å². The Hall–Kier alpha value is -1.22. The van der Waals surface area contributed by atoms with Gasteiger partial charge in [-0.25, -0.2) is 0 Å². The monoisotopic (exact) mass is 332 g/mol. The molecule has 0 radical (unpaired) electrons. The van der Waals surface area contributed by atoms with Gasteiger partial charge in [0.1, 0.15) is 0 Å². The predicted octanol–water partition coefficient (Wildman–Crippen LogP) is -0.410. The molecule has 0 aliphatic heterocycles. The molecule has 5 N–H and O–H groups in total. The number of unbranched alkanes of at least 4 members (excludes halogenated alkanes) is 1. The minimum Gasteiger partial charge on any atom is -0.481 e. The van der Waals surface area contributed by atoms with Crippen LogP contribution in [0.4, 0.5) is 0 Å². The van der Waals surface area contributed by atoms with Crippen molar-refractivity contribution in [3.63, 3.8) is 0 Å². The van der Waals surface area contributed by atoms with Crippen molar-refractivity contribution in [2.75, 3.05) is 46.8 Å². The van der Waals surface area contributed by atoms with Crippen LogP contribution in [0.2, 0.25) is 0 Å². The third-order valence-electron chi connectivity index (χ3n) is 3.23. The topological polar surface area (TPSA) is 117 Å². The number of nitrogens with zero attached hydrogens (tertiary/aromatic N) is 1. The first-order valence-electron chi connectivity index (χ1n) is 8.16. The van der Waals surface area contributed by atoms with E-state index in [2.05, 4.69) is 10.6 Å². The van der Waals surface area contributed by atoms with Gasteiger partial charge in [0, 0.05) is 52.0 Å². The summed E-state index contributed by atoms with van der Waals surface area (Å²) < 4.78 is 5.43. The maximum atomic E-state index is 11.8. The third-order valence-corrected chi connectivity index (χ3v) is 3.23. The molecule has 0 aromatic rings. The van der Waals surface area contributed by atoms with E-state index in [4.69, 9.17) is 15.6 Å². The van der Waals surface area contributed by atoms with Crippen LogP contribution in [-0.4, -0.2) is 75.0 Å². The first kappa shape index (κ1) is 21.8. The average Bonchev–Trinajstić information content (AvgIpc) is 2.49. The quantitative estimate of drug-likeness (QED) is 0.182. The molecule has 0 rings (SSSR count). The number of nitrogens with two attached hydrogens (primary N) is 1. The summed E-state index contributed by atoms with van der Waals surface area (Å²) in [5, 5.41) is 15.0. The van der Waals surface area contributed by atoms with Gasteiger partial charge >= 0.3 is 11.9 Å². The zero-order valence-corrected chi connectivity index (χ0v) is 14.3. The second kappa shape index (κ2) is 14.4. The van der Waals surface area contributed by atoms with E-state index >= 15 is 0 Å². The molecule has 0 aliphatic rings. The molecule has 0 saturated heterocycles. The Morgan fingerprint density at radius 1 is 1.09 bits per heavy atom. The average molecular weight is 332 g/mol. The van der Waals surface area contributed by atoms with Gasteiger partial charge in [-0.15, -0.1) is 0 Å². The maximum Gasteiger partial charge on any atom is 0.307 e. The van der Waals surface area contributed by atoms with E-state index in [1.807, 2.05) is 19.0 Å². The number of nitrogens with one attached hydrogen (secondary N) is 2. The molecule has 0 aromatic heterocycles. The largest absolute Gasteiger partial charge is 0.481 e. The van der Waals surface area contributed by atoms with Gasteiger partial charge < -0.3 is 26.2 Å². The SMILES string of the molecule is CN(C)C(CCNCCNCCN)OC(=O)CCCCC(=O)O. The second-order valence-electron chi connectivity index (χ2n) is 5.59. The van der Waals surface area contributed by atoms with Crippen molar-refractivity contribution >= 4 is 11.9 Å². The zero-order valence-electron chi connectivity index (χ0n) is 14.3. The van der Waals surface area contributed by atoms with Gasteiger partial charge in [-0.1, -0.05) is 0 Å². The lowest BCUT2D eigenvalue weighted by Crippen LogP contribution is -2.37. The van der Waals surface area contributed by atoms with Crippen LogP contribution in [0.15, 0.2) is 0 Å². The Kier molecular flexibility index (Phi) is 13.6. The molecule has 0 aromatic carbocycles. The first-order chi connectivity index (χ1) is 11.0. The lowest BCUT2D eigenvalue weighted by atomic mass is 10.2. The van der Waals surface area contributed by atoms with E-state index in [9.17, 15) is 9.59 Å². The van der Waals surface area contributed by atoms with Crippen molar-refractivity contribution in [3.05, 3.63) is 0 Å². The molecule has 0 fully saturated rings. The molecule has 0 saturated carbocycles. The lowest BCUT2D eigenvalue weighted by Gasteiger charge is -2.24. The molecule has 1 atom stereocenters. The van der Waals surface area contributed by atoms with Crippen molar-refractivity contribution < 1.29 is 19.4 Å². The minimum atomic E-state index is -0.837. The first-order valence-corrected chi connectivity index (χ1v) is 8.16. The molecular weight excluding hydrogens is 300 g/mol. The fourth-order valence-corrected chi connectivity index (χ4v) is 1.93. The van der Waals surface area contributed by atoms with Crippen LogP contribution in [-0.2, 0) is 14.3 Å². The minimum absolute atomic E-state index is 0.0898. The van der Waals surface area contributed by atoms with Gasteiger partial charge in [-0.3, -0.25) is 14.5 Å². The van der Waals surface area contributed by atoms with Crippen molar-refractivity contribution in [1.82, 2.24) is 15.5 Å². The fraction of sp³-hybridized carbons (Fsp3) is 0.867. The molecule has 1 unspecified atom stereocenters. The van der Waals surface area contributed by atoms with E-state index in [0.717, 1.165) is 26.2 Å². The third kappa shape index (κ3) is 14.1. The summed E-state index contributed by atoms with van der Waals surface area (Å²) in [6.07, 6.45) is 1.81. The van der Waals surface area contributed by atoms with E-state index in [-0.39, 0.29) is 25.0 Å². The lowest BCUT2D eigenvalue weighted by molar-refractivity contribution is -0.157. The number of hydrogen-bond donors (Lipinski definition) is 4. The number of carbonyl (C=O) groups is 2. The van der Waals surface area contributed by atoms with Crippen LogP contribution in [0, 0.1) is 0 Å². The molecule has 0 bridgehead atoms. The Morgan fingerprint density at radius 3 is 2.26 bits per heavy atom. The standard InChI is InChI=1S/C15H32N4O4/c1-19(2)13(7-9-17-11-12-18-10-8-16)23-15(22)6-4-3-5-14(20)21/h13,17-18H,3-12,16H2,1-2H3,(H,20,21). The van der Waals surface area contributed by atoms with Gasteiger partial charge in [0.25, 0.3) is 0 Å². The zero-order chi connectivity index (χ0) is 17.5. The molecular formula is C15H32N4O4. The molecule has 23 heavy (non-hydrogen) atoms. The molecule has 136 valence electrons. The van der Waals surface area contributed by atoms with Gasteiger partial charge in [0.05, 0.1) is 0 Å². The van der Waals surface area contributed by atoms with Gasteiger partial charge in [0.2, 0.25) is 0 Å². The van der Waals surface area contributed by atoms with Crippen LogP contribution < -0.4 is 16.4 Å². The van der Waals surface area contributed by atoms with Crippen molar-refractivity contribution in [3.8, 4) is 0 Å². The predicted molar refractivity (Wildman–Crippen MR) is 89.1 cm³/mol. The highest BCUT2D eigenvalue weighted by atomic mass is 16.6. The van der Waals surface area contributed by atoms with Crippen molar-refractivity contribution in [2.45, 2.75) is 38.3 Å². The summed E-state index contributed by atoms with van der Waals surface area (Å²) in [7, 11) is 3.73. The molecule has 8 heteroatoms. The van der Waals surface area contributed by atoms with E-state index in [0.29, 0.717) is 25.8 Å². The number of carboxylic acids is 1. The van der Waals surface area contributed by atoms with Crippen LogP contribution >= 0.6 is 0 Å². The second-order valence-corrected chi connectivity index (χ2v) is 5.59. The van der Waals surface area contributed by atoms with Gasteiger partial charge in [-0.2, -0.15) is 0 Å². The van der Waals surface area contributed by atoms with Crippen LogP contribution in [0.3, 0.4) is 0 Å². The number of carbonyl (C=O) groups excluding carboxylic acids is 1. The van der Waals surface area contributed by atoms with Crippen LogP contribution in [0.1, 0.15) is 32.1 Å². The van der Waals surface area contributed by atoms with Gasteiger partial charge in [0.15, 0.2) is 6.23 Å². The number of rotatable bonds is 15. The van der Waals surface area contributed by atoms with Crippen molar-refractivity contribution in [2.24, 2.45) is 5.73 Å². The molecule has 0 amide bonds. The highest BCUT2D eigenvalue weighted by molar-refractivity contribution is 5.70. The maximum absolute atomic E-state index is 11.8. The summed E-state index contributed by atoms with van der Waals surface area (Å²) in [5.41, 5.74) is 5.38. The number of ether oxygens (including phenoxy) is 1. The van der Waals surface area contributed by atoms with Crippen LogP contribution in [0.25, 0.3) is 0 Å². The van der Waals surface area contributed by atoms with E-state index < -0.39 is 5.97 Å². The van der Waals surface area contributed by atoms with E-state index in [1.54, 1.807) is 0 Å². The fourth-order valence-electron chi connectivity index (χ4n) is 1.93. The Balaban J connectivity index is 3.79. The molecule has 8 nitrogen and oxygen atoms in total. The highest BCUT2D eigenvalue weighted by Gasteiger charge is 2.16. The number of carboxylic acid groups (broad SMARTS) is 1.